The molecule has 2 aromatic rings. The fourth-order valence-electron chi connectivity index (χ4n) is 2.61. The van der Waals surface area contributed by atoms with Crippen molar-refractivity contribution in [2.45, 2.75) is 38.3 Å². The Kier molecular flexibility index (Phi) is 3.69. The Balaban J connectivity index is 1.63. The van der Waals surface area contributed by atoms with Crippen LogP contribution in [0.5, 0.6) is 0 Å². The van der Waals surface area contributed by atoms with Gasteiger partial charge in [-0.25, -0.2) is 0 Å². The number of para-hydroxylation sites is 1. The standard InChI is InChI=1S/C15H18N2O3/c1-10(13-7-4-8-19-13)16-15(18)9-12-11-5-2-3-6-14(11)20-17-12/h2-3,5-6,10,13H,4,7-9H2,1H3,(H,16,18)/t10-,13-/m1/s1. The minimum Gasteiger partial charge on any atom is -0.376 e. The number of fused-ring (bicyclic) bond motifs is 1. The molecule has 2 heterocycles. The lowest BCUT2D eigenvalue weighted by Crippen LogP contribution is -2.41. The van der Waals surface area contributed by atoms with E-state index in [9.17, 15) is 4.79 Å². The molecule has 1 aromatic heterocycles. The van der Waals surface area contributed by atoms with Gasteiger partial charge < -0.3 is 14.6 Å². The number of carbonyl (C=O) groups excluding carboxylic acids is 1. The number of rotatable bonds is 4. The van der Waals surface area contributed by atoms with Crippen LogP contribution in [0, 0.1) is 0 Å². The molecule has 0 bridgehead atoms. The van der Waals surface area contributed by atoms with Crippen LogP contribution in [0.15, 0.2) is 28.8 Å². The summed E-state index contributed by atoms with van der Waals surface area (Å²) in [5.74, 6) is -0.0490. The highest BCUT2D eigenvalue weighted by molar-refractivity contribution is 5.86. The molecular formula is C15H18N2O3. The fraction of sp³-hybridized carbons (Fsp3) is 0.467. The molecule has 0 saturated carbocycles. The highest BCUT2D eigenvalue weighted by Gasteiger charge is 2.24. The highest BCUT2D eigenvalue weighted by atomic mass is 16.5. The first-order chi connectivity index (χ1) is 9.74. The zero-order valence-electron chi connectivity index (χ0n) is 11.5. The van der Waals surface area contributed by atoms with Crippen LogP contribution < -0.4 is 5.32 Å². The molecule has 2 atom stereocenters. The first-order valence-corrected chi connectivity index (χ1v) is 6.98. The summed E-state index contributed by atoms with van der Waals surface area (Å²) in [4.78, 5) is 12.1. The summed E-state index contributed by atoms with van der Waals surface area (Å²) in [5, 5.41) is 7.85. The molecule has 5 heteroatoms. The molecule has 1 saturated heterocycles. The van der Waals surface area contributed by atoms with E-state index in [2.05, 4.69) is 10.5 Å². The number of carbonyl (C=O) groups is 1. The lowest BCUT2D eigenvalue weighted by molar-refractivity contribution is -0.122. The molecule has 3 rings (SSSR count). The molecule has 0 spiro atoms. The summed E-state index contributed by atoms with van der Waals surface area (Å²) in [7, 11) is 0. The normalized spacial score (nSPS) is 20.1. The van der Waals surface area contributed by atoms with Gasteiger partial charge in [0.05, 0.1) is 18.6 Å². The fourth-order valence-corrected chi connectivity index (χ4v) is 2.61. The number of ether oxygens (including phenoxy) is 1. The molecule has 1 aliphatic heterocycles. The third-order valence-electron chi connectivity index (χ3n) is 3.69. The molecule has 106 valence electrons. The van der Waals surface area contributed by atoms with E-state index < -0.39 is 0 Å². The monoisotopic (exact) mass is 274 g/mol. The Morgan fingerprint density at radius 3 is 3.15 bits per heavy atom. The van der Waals surface area contributed by atoms with E-state index >= 15 is 0 Å². The van der Waals surface area contributed by atoms with E-state index in [0.717, 1.165) is 24.8 Å². The van der Waals surface area contributed by atoms with Gasteiger partial charge in [0.15, 0.2) is 5.58 Å². The molecule has 5 nitrogen and oxygen atoms in total. The van der Waals surface area contributed by atoms with Crippen LogP contribution in [0.2, 0.25) is 0 Å². The summed E-state index contributed by atoms with van der Waals surface area (Å²) >= 11 is 0. The predicted octanol–water partition coefficient (Wildman–Crippen LogP) is 2.05. The molecule has 0 unspecified atom stereocenters. The number of nitrogens with zero attached hydrogens (tertiary/aromatic N) is 1. The van der Waals surface area contributed by atoms with Crippen molar-refractivity contribution in [3.8, 4) is 0 Å². The lowest BCUT2D eigenvalue weighted by atomic mass is 10.1. The van der Waals surface area contributed by atoms with Crippen molar-refractivity contribution in [3.63, 3.8) is 0 Å². The maximum absolute atomic E-state index is 12.1. The Labute approximate surface area is 117 Å². The Morgan fingerprint density at radius 2 is 2.35 bits per heavy atom. The Hall–Kier alpha value is -1.88. The smallest absolute Gasteiger partial charge is 0.226 e. The van der Waals surface area contributed by atoms with Gasteiger partial charge in [-0.1, -0.05) is 17.3 Å². The summed E-state index contributed by atoms with van der Waals surface area (Å²) in [6.45, 7) is 2.77. The van der Waals surface area contributed by atoms with Gasteiger partial charge in [0.25, 0.3) is 0 Å². The first-order valence-electron chi connectivity index (χ1n) is 6.98. The number of hydrogen-bond acceptors (Lipinski definition) is 4. The second-order valence-corrected chi connectivity index (χ2v) is 5.21. The van der Waals surface area contributed by atoms with E-state index in [-0.39, 0.29) is 24.5 Å². The molecular weight excluding hydrogens is 256 g/mol. The Bertz CT molecular complexity index is 602. The molecule has 1 aromatic carbocycles. The molecule has 0 aliphatic carbocycles. The van der Waals surface area contributed by atoms with E-state index in [1.165, 1.54) is 0 Å². The number of nitrogens with one attached hydrogen (secondary N) is 1. The summed E-state index contributed by atoms with van der Waals surface area (Å²) in [6.07, 6.45) is 2.44. The minimum atomic E-state index is -0.0490. The van der Waals surface area contributed by atoms with Gasteiger partial charge in [-0.2, -0.15) is 0 Å². The molecule has 1 N–H and O–H groups in total. The van der Waals surface area contributed by atoms with Gasteiger partial charge in [-0.15, -0.1) is 0 Å². The average Bonchev–Trinajstić information content (AvgIpc) is 3.09. The zero-order chi connectivity index (χ0) is 13.9. The second kappa shape index (κ2) is 5.63. The topological polar surface area (TPSA) is 64.4 Å². The largest absolute Gasteiger partial charge is 0.376 e. The number of hydrogen-bond donors (Lipinski definition) is 1. The van der Waals surface area contributed by atoms with Crippen LogP contribution >= 0.6 is 0 Å². The minimum absolute atomic E-state index is 0.0307. The van der Waals surface area contributed by atoms with Gasteiger partial charge in [0.1, 0.15) is 5.69 Å². The van der Waals surface area contributed by atoms with Crippen molar-refractivity contribution in [3.05, 3.63) is 30.0 Å². The van der Waals surface area contributed by atoms with Gasteiger partial charge in [-0.3, -0.25) is 4.79 Å². The van der Waals surface area contributed by atoms with Crippen molar-refractivity contribution >= 4 is 16.9 Å². The molecule has 0 radical (unpaired) electrons. The van der Waals surface area contributed by atoms with Crippen molar-refractivity contribution in [1.29, 1.82) is 0 Å². The van der Waals surface area contributed by atoms with Crippen LogP contribution in [-0.4, -0.2) is 29.8 Å². The van der Waals surface area contributed by atoms with Crippen molar-refractivity contribution in [1.82, 2.24) is 10.5 Å². The van der Waals surface area contributed by atoms with Crippen LogP contribution in [0.4, 0.5) is 0 Å². The maximum Gasteiger partial charge on any atom is 0.226 e. The lowest BCUT2D eigenvalue weighted by Gasteiger charge is -2.19. The van der Waals surface area contributed by atoms with Crippen molar-refractivity contribution in [2.24, 2.45) is 0 Å². The number of aromatic nitrogens is 1. The summed E-state index contributed by atoms with van der Waals surface area (Å²) < 4.78 is 10.8. The predicted molar refractivity (Wildman–Crippen MR) is 74.3 cm³/mol. The van der Waals surface area contributed by atoms with Gasteiger partial charge in [0.2, 0.25) is 5.91 Å². The average molecular weight is 274 g/mol. The highest BCUT2D eigenvalue weighted by Crippen LogP contribution is 2.19. The molecule has 1 fully saturated rings. The second-order valence-electron chi connectivity index (χ2n) is 5.21. The number of benzene rings is 1. The number of amides is 1. The van der Waals surface area contributed by atoms with E-state index in [1.54, 1.807) is 0 Å². The van der Waals surface area contributed by atoms with E-state index in [4.69, 9.17) is 9.26 Å². The van der Waals surface area contributed by atoms with Crippen molar-refractivity contribution < 1.29 is 14.1 Å². The van der Waals surface area contributed by atoms with Crippen LogP contribution in [0.1, 0.15) is 25.5 Å². The maximum atomic E-state index is 12.1. The quantitative estimate of drug-likeness (QED) is 0.926. The molecule has 20 heavy (non-hydrogen) atoms. The van der Waals surface area contributed by atoms with Crippen LogP contribution in [0.3, 0.4) is 0 Å². The Morgan fingerprint density at radius 1 is 1.50 bits per heavy atom. The SMILES string of the molecule is C[C@@H](NC(=O)Cc1noc2ccccc12)[C@H]1CCCO1. The van der Waals surface area contributed by atoms with Crippen LogP contribution in [0.25, 0.3) is 11.0 Å². The van der Waals surface area contributed by atoms with Crippen LogP contribution in [-0.2, 0) is 16.0 Å². The summed E-state index contributed by atoms with van der Waals surface area (Å²) in [5.41, 5.74) is 1.39. The first kappa shape index (κ1) is 13.1. The zero-order valence-corrected chi connectivity index (χ0v) is 11.5. The van der Waals surface area contributed by atoms with Gasteiger partial charge >= 0.3 is 0 Å². The molecule has 1 aliphatic rings. The summed E-state index contributed by atoms with van der Waals surface area (Å²) in [6, 6.07) is 7.59. The van der Waals surface area contributed by atoms with Gasteiger partial charge in [-0.05, 0) is 31.9 Å². The van der Waals surface area contributed by atoms with Gasteiger partial charge in [0, 0.05) is 12.0 Å². The van der Waals surface area contributed by atoms with E-state index in [0.29, 0.717) is 11.3 Å². The third-order valence-corrected chi connectivity index (χ3v) is 3.69. The van der Waals surface area contributed by atoms with Crippen molar-refractivity contribution in [2.75, 3.05) is 6.61 Å². The third kappa shape index (κ3) is 2.67. The van der Waals surface area contributed by atoms with E-state index in [1.807, 2.05) is 31.2 Å². The molecule has 1 amide bonds.